The standard InChI is InChI=1S/C17H23N3O5S/c1-12-9-15(18-25-12)13(2)24-17(21)16-10-14(11-19(16)3)26(22,23)20-7-5-4-6-8-20/h9-11,13H,4-8H2,1-3H3/t13-/m0/s1. The molecule has 0 amide bonds. The minimum absolute atomic E-state index is 0.110. The van der Waals surface area contributed by atoms with Crippen LogP contribution in [0.4, 0.5) is 0 Å². The van der Waals surface area contributed by atoms with Crippen molar-refractivity contribution in [2.24, 2.45) is 7.05 Å². The summed E-state index contributed by atoms with van der Waals surface area (Å²) >= 11 is 0. The molecule has 0 bridgehead atoms. The fourth-order valence-corrected chi connectivity index (χ4v) is 4.58. The van der Waals surface area contributed by atoms with E-state index in [4.69, 9.17) is 9.26 Å². The second-order valence-electron chi connectivity index (χ2n) is 6.55. The van der Waals surface area contributed by atoms with Gasteiger partial charge in [-0.15, -0.1) is 0 Å². The first-order valence-corrected chi connectivity index (χ1v) is 10.0. The molecule has 1 atom stereocenters. The number of rotatable bonds is 5. The van der Waals surface area contributed by atoms with E-state index in [0.29, 0.717) is 24.5 Å². The largest absolute Gasteiger partial charge is 0.451 e. The monoisotopic (exact) mass is 381 g/mol. The molecule has 0 N–H and O–H groups in total. The van der Waals surface area contributed by atoms with Crippen LogP contribution in [-0.2, 0) is 21.8 Å². The molecule has 0 aromatic carbocycles. The van der Waals surface area contributed by atoms with Gasteiger partial charge in [-0.2, -0.15) is 4.31 Å². The lowest BCUT2D eigenvalue weighted by Crippen LogP contribution is -2.35. The Hall–Kier alpha value is -2.13. The average Bonchev–Trinajstić information content (AvgIpc) is 3.22. The first kappa shape index (κ1) is 18.7. The highest BCUT2D eigenvalue weighted by Gasteiger charge is 2.29. The van der Waals surface area contributed by atoms with Gasteiger partial charge in [-0.05, 0) is 32.8 Å². The number of hydrogen-bond donors (Lipinski definition) is 0. The Balaban J connectivity index is 1.78. The highest BCUT2D eigenvalue weighted by Crippen LogP contribution is 2.24. The Morgan fingerprint density at radius 3 is 2.58 bits per heavy atom. The van der Waals surface area contributed by atoms with Gasteiger partial charge in [0.15, 0.2) is 0 Å². The Labute approximate surface area is 152 Å². The van der Waals surface area contributed by atoms with E-state index in [2.05, 4.69) is 5.16 Å². The number of hydrogen-bond acceptors (Lipinski definition) is 6. The number of carbonyl (C=O) groups is 1. The van der Waals surface area contributed by atoms with E-state index in [-0.39, 0.29) is 10.6 Å². The van der Waals surface area contributed by atoms with Gasteiger partial charge in [-0.1, -0.05) is 11.6 Å². The van der Waals surface area contributed by atoms with Crippen LogP contribution in [0.3, 0.4) is 0 Å². The van der Waals surface area contributed by atoms with E-state index < -0.39 is 22.1 Å². The lowest BCUT2D eigenvalue weighted by atomic mass is 10.2. The predicted octanol–water partition coefficient (Wildman–Crippen LogP) is 2.41. The number of sulfonamides is 1. The molecule has 1 saturated heterocycles. The molecular weight excluding hydrogens is 358 g/mol. The third kappa shape index (κ3) is 3.68. The smallest absolute Gasteiger partial charge is 0.355 e. The van der Waals surface area contributed by atoms with Gasteiger partial charge in [0.1, 0.15) is 28.1 Å². The quantitative estimate of drug-likeness (QED) is 0.738. The zero-order valence-corrected chi connectivity index (χ0v) is 16.0. The maximum absolute atomic E-state index is 12.8. The Kier molecular flexibility index (Phi) is 5.19. The second kappa shape index (κ2) is 7.24. The fraction of sp³-hybridized carbons (Fsp3) is 0.529. The highest BCUT2D eigenvalue weighted by atomic mass is 32.2. The van der Waals surface area contributed by atoms with E-state index in [1.807, 2.05) is 0 Å². The Bertz CT molecular complexity index is 893. The van der Waals surface area contributed by atoms with Crippen molar-refractivity contribution in [3.63, 3.8) is 0 Å². The van der Waals surface area contributed by atoms with Gasteiger partial charge in [-0.3, -0.25) is 0 Å². The molecule has 0 aliphatic carbocycles. The van der Waals surface area contributed by atoms with E-state index in [1.165, 1.54) is 21.1 Å². The van der Waals surface area contributed by atoms with Crippen LogP contribution in [0.25, 0.3) is 0 Å². The maximum atomic E-state index is 12.8. The molecule has 1 fully saturated rings. The van der Waals surface area contributed by atoms with E-state index >= 15 is 0 Å². The van der Waals surface area contributed by atoms with Crippen molar-refractivity contribution in [2.45, 2.75) is 44.1 Å². The number of carbonyl (C=O) groups excluding carboxylic acids is 1. The van der Waals surface area contributed by atoms with Gasteiger partial charge in [0.25, 0.3) is 0 Å². The summed E-state index contributed by atoms with van der Waals surface area (Å²) in [5.41, 5.74) is 0.680. The summed E-state index contributed by atoms with van der Waals surface area (Å²) in [6.07, 6.45) is 3.60. The molecule has 0 radical (unpaired) electrons. The van der Waals surface area contributed by atoms with Crippen LogP contribution in [0.2, 0.25) is 0 Å². The first-order chi connectivity index (χ1) is 12.3. The van der Waals surface area contributed by atoms with Gasteiger partial charge in [-0.25, -0.2) is 13.2 Å². The van der Waals surface area contributed by atoms with E-state index in [0.717, 1.165) is 19.3 Å². The molecule has 26 heavy (non-hydrogen) atoms. The normalized spacial score (nSPS) is 17.2. The molecule has 8 nitrogen and oxygen atoms in total. The van der Waals surface area contributed by atoms with Crippen LogP contribution < -0.4 is 0 Å². The molecule has 2 aromatic rings. The zero-order valence-electron chi connectivity index (χ0n) is 15.1. The lowest BCUT2D eigenvalue weighted by Gasteiger charge is -2.25. The molecule has 9 heteroatoms. The van der Waals surface area contributed by atoms with Crippen molar-refractivity contribution in [1.82, 2.24) is 14.0 Å². The molecule has 0 spiro atoms. The average molecular weight is 381 g/mol. The highest BCUT2D eigenvalue weighted by molar-refractivity contribution is 7.89. The van der Waals surface area contributed by atoms with Crippen LogP contribution in [0, 0.1) is 6.92 Å². The number of aromatic nitrogens is 2. The molecule has 1 aliphatic heterocycles. The van der Waals surface area contributed by atoms with E-state index in [9.17, 15) is 13.2 Å². The summed E-state index contributed by atoms with van der Waals surface area (Å²) < 4.78 is 38.8. The topological polar surface area (TPSA) is 94.6 Å². The van der Waals surface area contributed by atoms with Crippen LogP contribution in [0.5, 0.6) is 0 Å². The summed E-state index contributed by atoms with van der Waals surface area (Å²) in [5.74, 6) is 0.0115. The molecule has 142 valence electrons. The maximum Gasteiger partial charge on any atom is 0.355 e. The first-order valence-electron chi connectivity index (χ1n) is 8.60. The van der Waals surface area contributed by atoms with Crippen molar-refractivity contribution in [1.29, 1.82) is 0 Å². The number of piperidine rings is 1. The third-order valence-corrected chi connectivity index (χ3v) is 6.35. The van der Waals surface area contributed by atoms with Crippen LogP contribution >= 0.6 is 0 Å². The molecule has 0 saturated carbocycles. The fourth-order valence-electron chi connectivity index (χ4n) is 2.99. The minimum atomic E-state index is -3.60. The number of nitrogens with zero attached hydrogens (tertiary/aromatic N) is 3. The number of aryl methyl sites for hydroxylation is 2. The van der Waals surface area contributed by atoms with E-state index in [1.54, 1.807) is 27.0 Å². The molecule has 0 unspecified atom stereocenters. The molecule has 2 aromatic heterocycles. The number of ether oxygens (including phenoxy) is 1. The SMILES string of the molecule is Cc1cc([C@H](C)OC(=O)c2cc(S(=O)(=O)N3CCCCC3)cn2C)no1. The Morgan fingerprint density at radius 2 is 1.96 bits per heavy atom. The Morgan fingerprint density at radius 1 is 1.27 bits per heavy atom. The third-order valence-electron chi connectivity index (χ3n) is 4.49. The molecule has 3 rings (SSSR count). The van der Waals surface area contributed by atoms with Gasteiger partial charge >= 0.3 is 5.97 Å². The molecule has 3 heterocycles. The van der Waals surface area contributed by atoms with Crippen LogP contribution in [0.15, 0.2) is 27.7 Å². The van der Waals surface area contributed by atoms with Gasteiger partial charge in [0, 0.05) is 32.4 Å². The lowest BCUT2D eigenvalue weighted by molar-refractivity contribution is 0.0312. The summed E-state index contributed by atoms with van der Waals surface area (Å²) in [7, 11) is -1.98. The summed E-state index contributed by atoms with van der Waals surface area (Å²) in [4.78, 5) is 12.6. The summed E-state index contributed by atoms with van der Waals surface area (Å²) in [6, 6.07) is 3.06. The van der Waals surface area contributed by atoms with Crippen molar-refractivity contribution in [3.05, 3.63) is 35.5 Å². The predicted molar refractivity (Wildman–Crippen MR) is 93.1 cm³/mol. The van der Waals surface area contributed by atoms with Gasteiger partial charge < -0.3 is 13.8 Å². The van der Waals surface area contributed by atoms with Crippen LogP contribution in [0.1, 0.15) is 54.2 Å². The molecule has 1 aliphatic rings. The van der Waals surface area contributed by atoms with Crippen molar-refractivity contribution < 1.29 is 22.5 Å². The van der Waals surface area contributed by atoms with Gasteiger partial charge in [0.05, 0.1) is 0 Å². The summed E-state index contributed by atoms with van der Waals surface area (Å²) in [5, 5.41) is 3.83. The zero-order chi connectivity index (χ0) is 18.9. The van der Waals surface area contributed by atoms with Gasteiger partial charge in [0.2, 0.25) is 10.0 Å². The van der Waals surface area contributed by atoms with Crippen molar-refractivity contribution in [2.75, 3.05) is 13.1 Å². The second-order valence-corrected chi connectivity index (χ2v) is 8.48. The minimum Gasteiger partial charge on any atom is -0.451 e. The van der Waals surface area contributed by atoms with Crippen molar-refractivity contribution in [3.8, 4) is 0 Å². The van der Waals surface area contributed by atoms with Crippen LogP contribution in [-0.4, -0.2) is 41.5 Å². The van der Waals surface area contributed by atoms with Crippen molar-refractivity contribution >= 4 is 16.0 Å². The summed E-state index contributed by atoms with van der Waals surface area (Å²) in [6.45, 7) is 4.46. The molecular formula is C17H23N3O5S. The number of esters is 1.